The van der Waals surface area contributed by atoms with Crippen LogP contribution in [0.15, 0.2) is 42.6 Å². The fourth-order valence-corrected chi connectivity index (χ4v) is 3.34. The van der Waals surface area contributed by atoms with Crippen molar-refractivity contribution in [2.24, 2.45) is 5.41 Å². The molecule has 1 aliphatic heterocycles. The highest BCUT2D eigenvalue weighted by atomic mass is 16.2. The van der Waals surface area contributed by atoms with Crippen LogP contribution in [0.25, 0.3) is 0 Å². The zero-order valence-electron chi connectivity index (χ0n) is 17.0. The molecular formula is C22H28N4O2. The Morgan fingerprint density at radius 3 is 2.36 bits per heavy atom. The van der Waals surface area contributed by atoms with E-state index in [2.05, 4.69) is 15.2 Å². The summed E-state index contributed by atoms with van der Waals surface area (Å²) in [5.41, 5.74) is 1.74. The molecule has 1 aromatic carbocycles. The summed E-state index contributed by atoms with van der Waals surface area (Å²) in [6.07, 6.45) is 1.77. The summed E-state index contributed by atoms with van der Waals surface area (Å²) in [5.74, 6) is 0.496. The zero-order valence-corrected chi connectivity index (χ0v) is 17.0. The van der Waals surface area contributed by atoms with Gasteiger partial charge in [-0.2, -0.15) is 0 Å². The van der Waals surface area contributed by atoms with E-state index < -0.39 is 5.41 Å². The molecule has 1 saturated heterocycles. The van der Waals surface area contributed by atoms with Gasteiger partial charge in [0, 0.05) is 38.1 Å². The molecule has 0 saturated carbocycles. The molecule has 3 rings (SSSR count). The van der Waals surface area contributed by atoms with Crippen molar-refractivity contribution >= 4 is 23.3 Å². The lowest BCUT2D eigenvalue weighted by Gasteiger charge is -2.38. The molecule has 1 aromatic heterocycles. The number of amides is 2. The highest BCUT2D eigenvalue weighted by Gasteiger charge is 2.40. The number of aryl methyl sites for hydroxylation is 1. The van der Waals surface area contributed by atoms with E-state index in [0.717, 1.165) is 22.6 Å². The van der Waals surface area contributed by atoms with Gasteiger partial charge in [0.05, 0.1) is 0 Å². The number of hydrogen-bond acceptors (Lipinski definition) is 4. The number of aromatic nitrogens is 1. The van der Waals surface area contributed by atoms with Crippen LogP contribution in [0, 0.1) is 19.3 Å². The Hall–Kier alpha value is -2.89. The summed E-state index contributed by atoms with van der Waals surface area (Å²) in [6, 6.07) is 11.6. The van der Waals surface area contributed by atoms with Crippen molar-refractivity contribution in [2.45, 2.75) is 27.7 Å². The van der Waals surface area contributed by atoms with Crippen molar-refractivity contribution in [3.63, 3.8) is 0 Å². The average Bonchev–Trinajstić information content (AvgIpc) is 2.71. The first-order valence-electron chi connectivity index (χ1n) is 9.63. The summed E-state index contributed by atoms with van der Waals surface area (Å²) in [7, 11) is 0. The summed E-state index contributed by atoms with van der Waals surface area (Å²) in [6.45, 7) is 9.93. The van der Waals surface area contributed by atoms with Crippen LogP contribution in [0.2, 0.25) is 0 Å². The van der Waals surface area contributed by atoms with E-state index in [1.54, 1.807) is 24.9 Å². The number of carbonyl (C=O) groups excluding carboxylic acids is 2. The van der Waals surface area contributed by atoms with Gasteiger partial charge in [-0.25, -0.2) is 4.98 Å². The first kappa shape index (κ1) is 19.9. The van der Waals surface area contributed by atoms with Crippen molar-refractivity contribution in [3.05, 3.63) is 53.7 Å². The second-order valence-electron chi connectivity index (χ2n) is 7.79. The summed E-state index contributed by atoms with van der Waals surface area (Å²) < 4.78 is 0. The Kier molecular flexibility index (Phi) is 5.68. The van der Waals surface area contributed by atoms with Crippen LogP contribution in [0.5, 0.6) is 0 Å². The fourth-order valence-electron chi connectivity index (χ4n) is 3.34. The van der Waals surface area contributed by atoms with Crippen molar-refractivity contribution in [1.29, 1.82) is 0 Å². The van der Waals surface area contributed by atoms with E-state index in [0.29, 0.717) is 26.2 Å². The molecule has 0 atom stereocenters. The molecule has 1 fully saturated rings. The van der Waals surface area contributed by atoms with Gasteiger partial charge in [0.1, 0.15) is 11.2 Å². The smallest absolute Gasteiger partial charge is 0.239 e. The number of anilines is 2. The van der Waals surface area contributed by atoms with Crippen LogP contribution in [-0.4, -0.2) is 47.9 Å². The Balaban J connectivity index is 1.64. The number of nitrogens with zero attached hydrogens (tertiary/aromatic N) is 3. The summed E-state index contributed by atoms with van der Waals surface area (Å²) in [5, 5.41) is 2.94. The fraction of sp³-hybridized carbons (Fsp3) is 0.409. The van der Waals surface area contributed by atoms with Gasteiger partial charge in [-0.05, 0) is 57.0 Å². The number of nitrogens with one attached hydrogen (secondary N) is 1. The molecule has 2 amide bonds. The van der Waals surface area contributed by atoms with Crippen LogP contribution in [0.4, 0.5) is 11.5 Å². The summed E-state index contributed by atoms with van der Waals surface area (Å²) in [4.78, 5) is 34.3. The van der Waals surface area contributed by atoms with Gasteiger partial charge in [0.15, 0.2) is 0 Å². The lowest BCUT2D eigenvalue weighted by Crippen LogP contribution is -2.54. The van der Waals surface area contributed by atoms with Crippen molar-refractivity contribution in [3.8, 4) is 0 Å². The Morgan fingerprint density at radius 2 is 1.71 bits per heavy atom. The molecule has 148 valence electrons. The lowest BCUT2D eigenvalue weighted by atomic mass is 9.89. The van der Waals surface area contributed by atoms with Gasteiger partial charge >= 0.3 is 0 Å². The van der Waals surface area contributed by atoms with Crippen molar-refractivity contribution < 1.29 is 9.59 Å². The maximum absolute atomic E-state index is 13.1. The molecule has 0 spiro atoms. The molecular weight excluding hydrogens is 352 g/mol. The second kappa shape index (κ2) is 8.00. The van der Waals surface area contributed by atoms with E-state index in [4.69, 9.17) is 0 Å². The van der Waals surface area contributed by atoms with Crippen molar-refractivity contribution in [1.82, 2.24) is 9.88 Å². The third-order valence-corrected chi connectivity index (χ3v) is 5.50. The number of benzene rings is 1. The van der Waals surface area contributed by atoms with Gasteiger partial charge in [0.2, 0.25) is 11.8 Å². The SMILES string of the molecule is Cc1cccc(NC(=O)C(C)(C)C(=O)N2CCN(c3ccccn3)CC2)c1C. The molecule has 6 nitrogen and oxygen atoms in total. The molecule has 6 heteroatoms. The zero-order chi connectivity index (χ0) is 20.3. The van der Waals surface area contributed by atoms with Gasteiger partial charge in [-0.3, -0.25) is 9.59 Å². The molecule has 0 radical (unpaired) electrons. The van der Waals surface area contributed by atoms with Gasteiger partial charge < -0.3 is 15.1 Å². The van der Waals surface area contributed by atoms with E-state index in [1.165, 1.54) is 0 Å². The van der Waals surface area contributed by atoms with Crippen LogP contribution < -0.4 is 10.2 Å². The highest BCUT2D eigenvalue weighted by molar-refractivity contribution is 6.10. The van der Waals surface area contributed by atoms with Crippen LogP contribution in [0.1, 0.15) is 25.0 Å². The maximum atomic E-state index is 13.1. The lowest BCUT2D eigenvalue weighted by molar-refractivity contribution is -0.146. The predicted molar refractivity (Wildman–Crippen MR) is 111 cm³/mol. The summed E-state index contributed by atoms with van der Waals surface area (Å²) >= 11 is 0. The number of piperazine rings is 1. The third-order valence-electron chi connectivity index (χ3n) is 5.50. The predicted octanol–water partition coefficient (Wildman–Crippen LogP) is 3.01. The standard InChI is InChI=1S/C22H28N4O2/c1-16-8-7-9-18(17(16)2)24-20(27)22(3,4)21(28)26-14-12-25(13-15-26)19-10-5-6-11-23-19/h5-11H,12-15H2,1-4H3,(H,24,27). The molecule has 1 aliphatic rings. The number of hydrogen-bond donors (Lipinski definition) is 1. The van der Waals surface area contributed by atoms with Crippen LogP contribution in [-0.2, 0) is 9.59 Å². The molecule has 0 bridgehead atoms. The topological polar surface area (TPSA) is 65.5 Å². The minimum atomic E-state index is -1.14. The maximum Gasteiger partial charge on any atom is 0.239 e. The first-order chi connectivity index (χ1) is 13.3. The number of carbonyl (C=O) groups is 2. The van der Waals surface area contributed by atoms with E-state index >= 15 is 0 Å². The Morgan fingerprint density at radius 1 is 1.00 bits per heavy atom. The minimum absolute atomic E-state index is 0.143. The first-order valence-corrected chi connectivity index (χ1v) is 9.63. The van der Waals surface area contributed by atoms with Crippen molar-refractivity contribution in [2.75, 3.05) is 36.4 Å². The van der Waals surface area contributed by atoms with E-state index in [9.17, 15) is 9.59 Å². The molecule has 2 aromatic rings. The highest BCUT2D eigenvalue weighted by Crippen LogP contribution is 2.25. The van der Waals surface area contributed by atoms with Gasteiger partial charge in [0.25, 0.3) is 0 Å². The number of rotatable bonds is 4. The quantitative estimate of drug-likeness (QED) is 0.828. The Labute approximate surface area is 166 Å². The minimum Gasteiger partial charge on any atom is -0.353 e. The molecule has 1 N–H and O–H groups in total. The molecule has 0 aliphatic carbocycles. The molecule has 2 heterocycles. The largest absolute Gasteiger partial charge is 0.353 e. The normalized spacial score (nSPS) is 14.7. The van der Waals surface area contributed by atoms with Crippen LogP contribution in [0.3, 0.4) is 0 Å². The monoisotopic (exact) mass is 380 g/mol. The average molecular weight is 380 g/mol. The van der Waals surface area contributed by atoms with Gasteiger partial charge in [-0.15, -0.1) is 0 Å². The van der Waals surface area contributed by atoms with Gasteiger partial charge in [-0.1, -0.05) is 18.2 Å². The molecule has 28 heavy (non-hydrogen) atoms. The molecule has 0 unspecified atom stereocenters. The van der Waals surface area contributed by atoms with E-state index in [-0.39, 0.29) is 11.8 Å². The Bertz CT molecular complexity index is 856. The third kappa shape index (κ3) is 4.01. The number of pyridine rings is 1. The second-order valence-corrected chi connectivity index (χ2v) is 7.79. The van der Waals surface area contributed by atoms with Crippen LogP contribution >= 0.6 is 0 Å². The van der Waals surface area contributed by atoms with E-state index in [1.807, 2.05) is 50.2 Å².